The van der Waals surface area contributed by atoms with Crippen molar-refractivity contribution in [1.82, 2.24) is 5.32 Å². The van der Waals surface area contributed by atoms with Crippen molar-refractivity contribution in [2.24, 2.45) is 0 Å². The lowest BCUT2D eigenvalue weighted by molar-refractivity contribution is -0.0399. The Kier molecular flexibility index (Phi) is 24.9. The molecule has 0 bridgehead atoms. The smallest absolute Gasteiger partial charge is 0.143 e. The highest BCUT2D eigenvalue weighted by molar-refractivity contribution is 5.47. The van der Waals surface area contributed by atoms with Gasteiger partial charge in [-0.15, -0.1) is 0 Å². The van der Waals surface area contributed by atoms with Gasteiger partial charge in [0.05, 0.1) is 126 Å². The van der Waals surface area contributed by atoms with E-state index in [0.29, 0.717) is 126 Å². The second-order valence-electron chi connectivity index (χ2n) is 11.2. The SMILES string of the molecule is CNCCOCCOCCOCCOCCOCCOCCOCCOCCOCCOC(c1ccccc1)(c1ccccc1)c1ccccc1. The zero-order valence-corrected chi connectivity index (χ0v) is 30.4. The molecule has 0 heterocycles. The van der Waals surface area contributed by atoms with E-state index >= 15 is 0 Å². The van der Waals surface area contributed by atoms with E-state index in [9.17, 15) is 0 Å². The molecule has 3 aromatic carbocycles. The zero-order valence-electron chi connectivity index (χ0n) is 30.4. The van der Waals surface area contributed by atoms with Gasteiger partial charge in [0.2, 0.25) is 0 Å². The van der Waals surface area contributed by atoms with E-state index < -0.39 is 5.60 Å². The Hall–Kier alpha value is -2.78. The van der Waals surface area contributed by atoms with Crippen LogP contribution in [0.5, 0.6) is 0 Å². The molecule has 51 heavy (non-hydrogen) atoms. The predicted octanol–water partition coefficient (Wildman–Crippen LogP) is 4.36. The van der Waals surface area contributed by atoms with Gasteiger partial charge in [0.1, 0.15) is 5.60 Å². The summed E-state index contributed by atoms with van der Waals surface area (Å²) in [4.78, 5) is 0. The number of benzene rings is 3. The van der Waals surface area contributed by atoms with Gasteiger partial charge in [-0.25, -0.2) is 0 Å². The van der Waals surface area contributed by atoms with Gasteiger partial charge < -0.3 is 52.7 Å². The summed E-state index contributed by atoms with van der Waals surface area (Å²) in [6, 6.07) is 31.0. The average Bonchev–Trinajstić information content (AvgIpc) is 3.18. The fraction of sp³-hybridized carbons (Fsp3) is 0.550. The molecule has 11 heteroatoms. The quantitative estimate of drug-likeness (QED) is 0.0706. The molecule has 3 aromatic rings. The Morgan fingerprint density at radius 1 is 0.333 bits per heavy atom. The lowest BCUT2D eigenvalue weighted by atomic mass is 9.80. The first-order valence-corrected chi connectivity index (χ1v) is 18.0. The molecule has 0 fully saturated rings. The van der Waals surface area contributed by atoms with E-state index in [1.807, 2.05) is 61.6 Å². The molecule has 0 atom stereocenters. The Morgan fingerprint density at radius 3 is 0.824 bits per heavy atom. The third-order valence-corrected chi connectivity index (χ3v) is 7.56. The molecule has 0 unspecified atom stereocenters. The minimum Gasteiger partial charge on any atom is -0.378 e. The minimum atomic E-state index is -0.748. The summed E-state index contributed by atoms with van der Waals surface area (Å²) < 4.78 is 56.6. The summed E-state index contributed by atoms with van der Waals surface area (Å²) >= 11 is 0. The van der Waals surface area contributed by atoms with Crippen LogP contribution in [0.25, 0.3) is 0 Å². The number of nitrogens with one attached hydrogen (secondary N) is 1. The lowest BCUT2D eigenvalue weighted by Gasteiger charge is -2.36. The van der Waals surface area contributed by atoms with Crippen molar-refractivity contribution in [2.45, 2.75) is 5.60 Å². The van der Waals surface area contributed by atoms with Crippen molar-refractivity contribution in [1.29, 1.82) is 0 Å². The van der Waals surface area contributed by atoms with Crippen LogP contribution in [0.15, 0.2) is 91.0 Å². The largest absolute Gasteiger partial charge is 0.378 e. The number of ether oxygens (including phenoxy) is 10. The van der Waals surface area contributed by atoms with Crippen LogP contribution >= 0.6 is 0 Å². The maximum Gasteiger partial charge on any atom is 0.143 e. The molecule has 0 aromatic heterocycles. The number of rotatable bonds is 34. The first-order valence-electron chi connectivity index (χ1n) is 18.0. The van der Waals surface area contributed by atoms with Crippen LogP contribution in [0.2, 0.25) is 0 Å². The van der Waals surface area contributed by atoms with Gasteiger partial charge in [-0.3, -0.25) is 0 Å². The third-order valence-electron chi connectivity index (χ3n) is 7.56. The van der Waals surface area contributed by atoms with Gasteiger partial charge in [-0.2, -0.15) is 0 Å². The van der Waals surface area contributed by atoms with E-state index in [1.54, 1.807) is 0 Å². The van der Waals surface area contributed by atoms with Crippen molar-refractivity contribution in [3.05, 3.63) is 108 Å². The molecule has 0 spiro atoms. The standard InChI is InChI=1S/C40H59NO10/c1-41-17-18-42-19-20-43-21-22-44-23-24-45-25-26-46-27-28-47-29-30-48-31-32-49-33-34-50-35-36-51-40(37-11-5-2-6-12-37,38-13-7-3-8-14-38)39-15-9-4-10-16-39/h2-16,41H,17-36H2,1H3. The topological polar surface area (TPSA) is 104 Å². The van der Waals surface area contributed by atoms with E-state index in [2.05, 4.69) is 41.7 Å². The number of hydrogen-bond acceptors (Lipinski definition) is 11. The minimum absolute atomic E-state index is 0.419. The molecule has 0 saturated heterocycles. The van der Waals surface area contributed by atoms with Crippen LogP contribution in [-0.4, -0.2) is 139 Å². The van der Waals surface area contributed by atoms with Gasteiger partial charge in [0.25, 0.3) is 0 Å². The molecule has 0 aliphatic heterocycles. The first kappa shape index (κ1) is 42.6. The summed E-state index contributed by atoms with van der Waals surface area (Å²) in [5.74, 6) is 0. The molecule has 0 aliphatic rings. The molecule has 0 saturated carbocycles. The summed E-state index contributed by atoms with van der Waals surface area (Å²) in [6.45, 7) is 10.7. The highest BCUT2D eigenvalue weighted by Crippen LogP contribution is 2.40. The van der Waals surface area contributed by atoms with Crippen molar-refractivity contribution >= 4 is 0 Å². The van der Waals surface area contributed by atoms with Gasteiger partial charge in [0.15, 0.2) is 0 Å². The fourth-order valence-corrected chi connectivity index (χ4v) is 5.06. The van der Waals surface area contributed by atoms with E-state index in [4.69, 9.17) is 47.4 Å². The van der Waals surface area contributed by atoms with Crippen molar-refractivity contribution in [3.8, 4) is 0 Å². The Labute approximate surface area is 304 Å². The highest BCUT2D eigenvalue weighted by Gasteiger charge is 2.37. The Balaban J connectivity index is 1.10. The molecule has 3 rings (SSSR count). The monoisotopic (exact) mass is 713 g/mol. The highest BCUT2D eigenvalue weighted by atomic mass is 16.6. The van der Waals surface area contributed by atoms with Crippen molar-refractivity contribution in [2.75, 3.05) is 139 Å². The van der Waals surface area contributed by atoms with Gasteiger partial charge >= 0.3 is 0 Å². The number of hydrogen-bond donors (Lipinski definition) is 1. The third kappa shape index (κ3) is 18.5. The van der Waals surface area contributed by atoms with Crippen LogP contribution in [0, 0.1) is 0 Å². The van der Waals surface area contributed by atoms with Crippen LogP contribution in [0.1, 0.15) is 16.7 Å². The van der Waals surface area contributed by atoms with Crippen molar-refractivity contribution in [3.63, 3.8) is 0 Å². The van der Waals surface area contributed by atoms with E-state index in [-0.39, 0.29) is 0 Å². The normalized spacial score (nSPS) is 11.7. The summed E-state index contributed by atoms with van der Waals surface area (Å²) in [5, 5.41) is 3.02. The summed E-state index contributed by atoms with van der Waals surface area (Å²) in [6.07, 6.45) is 0. The average molecular weight is 714 g/mol. The molecule has 1 N–H and O–H groups in total. The molecular formula is C40H59NO10. The van der Waals surface area contributed by atoms with Crippen molar-refractivity contribution < 1.29 is 47.4 Å². The molecule has 11 nitrogen and oxygen atoms in total. The second-order valence-corrected chi connectivity index (χ2v) is 11.2. The molecular weight excluding hydrogens is 654 g/mol. The molecule has 284 valence electrons. The zero-order chi connectivity index (χ0) is 35.8. The fourth-order valence-electron chi connectivity index (χ4n) is 5.06. The van der Waals surface area contributed by atoms with Crippen LogP contribution in [0.4, 0.5) is 0 Å². The molecule has 0 aliphatic carbocycles. The summed E-state index contributed by atoms with van der Waals surface area (Å²) in [5.41, 5.74) is 2.46. The maximum atomic E-state index is 6.73. The van der Waals surface area contributed by atoms with Crippen LogP contribution in [0.3, 0.4) is 0 Å². The van der Waals surface area contributed by atoms with E-state index in [0.717, 1.165) is 23.2 Å². The second kappa shape index (κ2) is 29.8. The Morgan fingerprint density at radius 2 is 0.569 bits per heavy atom. The van der Waals surface area contributed by atoms with Gasteiger partial charge in [0, 0.05) is 6.54 Å². The van der Waals surface area contributed by atoms with Gasteiger partial charge in [-0.1, -0.05) is 91.0 Å². The molecule has 0 amide bonds. The van der Waals surface area contributed by atoms with E-state index in [1.165, 1.54) is 0 Å². The predicted molar refractivity (Wildman–Crippen MR) is 196 cm³/mol. The maximum absolute atomic E-state index is 6.73. The summed E-state index contributed by atoms with van der Waals surface area (Å²) in [7, 11) is 1.90. The van der Waals surface area contributed by atoms with Crippen LogP contribution < -0.4 is 5.32 Å². The lowest BCUT2D eigenvalue weighted by Crippen LogP contribution is -2.34. The van der Waals surface area contributed by atoms with Crippen LogP contribution in [-0.2, 0) is 53.0 Å². The Bertz CT molecular complexity index is 1080. The first-order chi connectivity index (χ1) is 25.4. The van der Waals surface area contributed by atoms with Gasteiger partial charge in [-0.05, 0) is 23.7 Å². The number of likely N-dealkylation sites (N-methyl/N-ethyl adjacent to an activating group) is 1. The molecule has 0 radical (unpaired) electrons.